The van der Waals surface area contributed by atoms with Gasteiger partial charge in [-0.3, -0.25) is 9.59 Å². The molecule has 2 amide bonds. The van der Waals surface area contributed by atoms with Gasteiger partial charge in [0.15, 0.2) is 0 Å². The van der Waals surface area contributed by atoms with Crippen LogP contribution in [0.5, 0.6) is 5.75 Å². The van der Waals surface area contributed by atoms with Gasteiger partial charge in [-0.1, -0.05) is 35.4 Å². The van der Waals surface area contributed by atoms with Crippen LogP contribution in [0.15, 0.2) is 42.5 Å². The molecule has 1 fully saturated rings. The Morgan fingerprint density at radius 1 is 1.15 bits per heavy atom. The second-order valence-corrected chi connectivity index (χ2v) is 7.22. The average molecular weight is 366 g/mol. The molecule has 0 aliphatic carbocycles. The first-order chi connectivity index (χ1) is 12.9. The van der Waals surface area contributed by atoms with Gasteiger partial charge in [0.2, 0.25) is 11.8 Å². The molecular weight excluding hydrogens is 340 g/mol. The van der Waals surface area contributed by atoms with E-state index in [0.717, 1.165) is 28.1 Å². The Labute approximate surface area is 160 Å². The summed E-state index contributed by atoms with van der Waals surface area (Å²) in [6, 6.07) is 13.5. The molecule has 5 nitrogen and oxygen atoms in total. The number of carbonyl (C=O) groups excluding carboxylic acids is 2. The smallest absolute Gasteiger partial charge is 0.227 e. The number of benzene rings is 2. The van der Waals surface area contributed by atoms with Gasteiger partial charge in [0.1, 0.15) is 5.75 Å². The fourth-order valence-electron chi connectivity index (χ4n) is 3.46. The Hall–Kier alpha value is -2.82. The van der Waals surface area contributed by atoms with Crippen LogP contribution in [0.2, 0.25) is 0 Å². The lowest BCUT2D eigenvalue weighted by Gasteiger charge is -2.20. The van der Waals surface area contributed by atoms with Crippen LogP contribution in [0.4, 0.5) is 5.69 Å². The second kappa shape index (κ2) is 7.82. The third-order valence-corrected chi connectivity index (χ3v) is 5.05. The predicted molar refractivity (Wildman–Crippen MR) is 106 cm³/mol. The number of methoxy groups -OCH3 is 1. The molecule has 1 aliphatic rings. The van der Waals surface area contributed by atoms with Crippen LogP contribution in [0.25, 0.3) is 0 Å². The molecule has 1 N–H and O–H groups in total. The number of hydrogen-bond acceptors (Lipinski definition) is 3. The molecule has 27 heavy (non-hydrogen) atoms. The topological polar surface area (TPSA) is 58.6 Å². The largest absolute Gasteiger partial charge is 0.496 e. The van der Waals surface area contributed by atoms with Crippen molar-refractivity contribution in [1.82, 2.24) is 5.32 Å². The first-order valence-corrected chi connectivity index (χ1v) is 9.21. The predicted octanol–water partition coefficient (Wildman–Crippen LogP) is 3.54. The second-order valence-electron chi connectivity index (χ2n) is 7.22. The summed E-state index contributed by atoms with van der Waals surface area (Å²) >= 11 is 0. The zero-order valence-corrected chi connectivity index (χ0v) is 16.3. The van der Waals surface area contributed by atoms with E-state index in [1.54, 1.807) is 12.0 Å². The molecule has 142 valence electrons. The van der Waals surface area contributed by atoms with Crippen molar-refractivity contribution < 1.29 is 14.3 Å². The van der Waals surface area contributed by atoms with Gasteiger partial charge >= 0.3 is 0 Å². The van der Waals surface area contributed by atoms with Crippen molar-refractivity contribution >= 4 is 17.5 Å². The zero-order chi connectivity index (χ0) is 19.6. The highest BCUT2D eigenvalue weighted by atomic mass is 16.5. The summed E-state index contributed by atoms with van der Waals surface area (Å²) in [6.45, 7) is 6.36. The monoisotopic (exact) mass is 366 g/mol. The molecule has 3 rings (SSSR count). The van der Waals surface area contributed by atoms with Crippen molar-refractivity contribution in [3.8, 4) is 5.75 Å². The highest BCUT2D eigenvalue weighted by molar-refractivity contribution is 6.00. The first-order valence-electron chi connectivity index (χ1n) is 9.21. The van der Waals surface area contributed by atoms with Crippen molar-refractivity contribution in [2.45, 2.75) is 33.2 Å². The number of nitrogens with one attached hydrogen (secondary N) is 1. The number of carbonyl (C=O) groups is 2. The summed E-state index contributed by atoms with van der Waals surface area (Å²) in [5.41, 5.74) is 4.02. The fourth-order valence-corrected chi connectivity index (χ4v) is 3.46. The van der Waals surface area contributed by atoms with Gasteiger partial charge in [-0.25, -0.2) is 0 Å². The summed E-state index contributed by atoms with van der Waals surface area (Å²) in [5, 5.41) is 3.04. The van der Waals surface area contributed by atoms with Crippen molar-refractivity contribution in [3.05, 3.63) is 59.2 Å². The van der Waals surface area contributed by atoms with Crippen LogP contribution in [0.1, 0.15) is 36.1 Å². The van der Waals surface area contributed by atoms with Crippen molar-refractivity contribution in [2.75, 3.05) is 18.6 Å². The summed E-state index contributed by atoms with van der Waals surface area (Å²) in [7, 11) is 1.62. The van der Waals surface area contributed by atoms with Crippen LogP contribution in [0, 0.1) is 19.8 Å². The van der Waals surface area contributed by atoms with E-state index in [4.69, 9.17) is 4.74 Å². The van der Waals surface area contributed by atoms with Gasteiger partial charge in [0, 0.05) is 24.2 Å². The van der Waals surface area contributed by atoms with Crippen LogP contribution in [-0.2, 0) is 9.59 Å². The minimum Gasteiger partial charge on any atom is -0.496 e. The van der Waals surface area contributed by atoms with E-state index in [2.05, 4.69) is 5.32 Å². The molecule has 2 aromatic rings. The minimum absolute atomic E-state index is 0.0141. The van der Waals surface area contributed by atoms with Gasteiger partial charge in [0.25, 0.3) is 0 Å². The summed E-state index contributed by atoms with van der Waals surface area (Å²) in [6.07, 6.45) is 0.234. The SMILES string of the molecule is COc1ccc(C)cc1C(C)NC(=O)C1CC(=O)N(c2ccc(C)cc2)C1. The van der Waals surface area contributed by atoms with Gasteiger partial charge in [-0.05, 0) is 39.0 Å². The number of nitrogens with zero attached hydrogens (tertiary/aromatic N) is 1. The normalized spacial score (nSPS) is 17.7. The number of ether oxygens (including phenoxy) is 1. The molecule has 0 bridgehead atoms. The van der Waals surface area contributed by atoms with Crippen molar-refractivity contribution in [2.24, 2.45) is 5.92 Å². The van der Waals surface area contributed by atoms with Crippen LogP contribution >= 0.6 is 0 Å². The fraction of sp³-hybridized carbons (Fsp3) is 0.364. The molecule has 0 radical (unpaired) electrons. The molecule has 0 saturated carbocycles. The Morgan fingerprint density at radius 2 is 1.81 bits per heavy atom. The maximum Gasteiger partial charge on any atom is 0.227 e. The van der Waals surface area contributed by atoms with E-state index in [9.17, 15) is 9.59 Å². The summed E-state index contributed by atoms with van der Waals surface area (Å²) in [5.74, 6) is 0.281. The molecule has 1 aliphatic heterocycles. The number of anilines is 1. The molecule has 1 heterocycles. The lowest BCUT2D eigenvalue weighted by Crippen LogP contribution is -2.34. The number of aryl methyl sites for hydroxylation is 2. The molecular formula is C22H26N2O3. The van der Waals surface area contributed by atoms with E-state index < -0.39 is 0 Å². The van der Waals surface area contributed by atoms with Gasteiger partial charge in [-0.2, -0.15) is 0 Å². The van der Waals surface area contributed by atoms with E-state index in [1.165, 1.54) is 0 Å². The number of rotatable bonds is 5. The average Bonchev–Trinajstić information content (AvgIpc) is 3.04. The van der Waals surface area contributed by atoms with Gasteiger partial charge < -0.3 is 15.0 Å². The van der Waals surface area contributed by atoms with Crippen molar-refractivity contribution in [1.29, 1.82) is 0 Å². The first kappa shape index (κ1) is 19.0. The summed E-state index contributed by atoms with van der Waals surface area (Å²) in [4.78, 5) is 26.9. The van der Waals surface area contributed by atoms with E-state index in [0.29, 0.717) is 6.54 Å². The standard InChI is InChI=1S/C22H26N2O3/c1-14-5-8-18(9-6-14)24-13-17(12-21(24)25)22(26)23-16(3)19-11-15(2)7-10-20(19)27-4/h5-11,16-17H,12-13H2,1-4H3,(H,23,26). The van der Waals surface area contributed by atoms with Crippen LogP contribution in [0.3, 0.4) is 0 Å². The third-order valence-electron chi connectivity index (χ3n) is 5.05. The molecule has 5 heteroatoms. The van der Waals surface area contributed by atoms with Gasteiger partial charge in [-0.15, -0.1) is 0 Å². The van der Waals surface area contributed by atoms with E-state index >= 15 is 0 Å². The Bertz CT molecular complexity index is 845. The summed E-state index contributed by atoms with van der Waals surface area (Å²) < 4.78 is 5.42. The minimum atomic E-state index is -0.350. The quantitative estimate of drug-likeness (QED) is 0.880. The number of amides is 2. The van der Waals surface area contributed by atoms with E-state index in [1.807, 2.05) is 63.2 Å². The Balaban J connectivity index is 1.69. The lowest BCUT2D eigenvalue weighted by atomic mass is 10.0. The van der Waals surface area contributed by atoms with Crippen molar-refractivity contribution in [3.63, 3.8) is 0 Å². The molecule has 0 spiro atoms. The number of hydrogen-bond donors (Lipinski definition) is 1. The molecule has 2 aromatic carbocycles. The van der Waals surface area contributed by atoms with Crippen LogP contribution < -0.4 is 15.0 Å². The highest BCUT2D eigenvalue weighted by Crippen LogP contribution is 2.28. The molecule has 0 aromatic heterocycles. The highest BCUT2D eigenvalue weighted by Gasteiger charge is 2.35. The molecule has 2 atom stereocenters. The molecule has 1 saturated heterocycles. The zero-order valence-electron chi connectivity index (χ0n) is 16.3. The third kappa shape index (κ3) is 4.13. The lowest BCUT2D eigenvalue weighted by molar-refractivity contribution is -0.126. The maximum absolute atomic E-state index is 12.8. The Morgan fingerprint density at radius 3 is 2.48 bits per heavy atom. The van der Waals surface area contributed by atoms with Gasteiger partial charge in [0.05, 0.1) is 19.1 Å². The van der Waals surface area contributed by atoms with Crippen LogP contribution in [-0.4, -0.2) is 25.5 Å². The molecule has 2 unspecified atom stereocenters. The Kier molecular flexibility index (Phi) is 5.49. The maximum atomic E-state index is 12.8. The van der Waals surface area contributed by atoms with E-state index in [-0.39, 0.29) is 30.2 Å².